The van der Waals surface area contributed by atoms with Gasteiger partial charge < -0.3 is 10.4 Å². The molecule has 1 amide bonds. The monoisotopic (exact) mass is 248 g/mol. The molecule has 2 aromatic heterocycles. The van der Waals surface area contributed by atoms with Crippen LogP contribution >= 0.6 is 11.3 Å². The molecule has 0 aliphatic rings. The molecule has 2 heterocycles. The minimum atomic E-state index is -0.266. The molecule has 0 unspecified atom stereocenters. The Bertz CT molecular complexity index is 497. The first-order chi connectivity index (χ1) is 8.31. The third kappa shape index (κ3) is 2.89. The van der Waals surface area contributed by atoms with Crippen LogP contribution in [-0.4, -0.2) is 29.1 Å². The van der Waals surface area contributed by atoms with Gasteiger partial charge in [-0.15, -0.1) is 11.3 Å². The molecule has 17 heavy (non-hydrogen) atoms. The summed E-state index contributed by atoms with van der Waals surface area (Å²) in [5.41, 5.74) is 1.15. The van der Waals surface area contributed by atoms with E-state index in [9.17, 15) is 4.79 Å². The second-order valence-corrected chi connectivity index (χ2v) is 4.31. The molecule has 0 spiro atoms. The van der Waals surface area contributed by atoms with Gasteiger partial charge in [0.1, 0.15) is 5.69 Å². The van der Waals surface area contributed by atoms with E-state index in [-0.39, 0.29) is 19.1 Å². The number of hydrogen-bond donors (Lipinski definition) is 2. The fraction of sp³-hybridized carbons (Fsp3) is 0.167. The number of nitrogens with one attached hydrogen (secondary N) is 1. The molecule has 0 atom stereocenters. The topological polar surface area (TPSA) is 62.2 Å². The number of hydrogen-bond acceptors (Lipinski definition) is 4. The Kier molecular flexibility index (Phi) is 3.85. The van der Waals surface area contributed by atoms with Crippen LogP contribution in [0.25, 0.3) is 10.6 Å². The zero-order valence-corrected chi connectivity index (χ0v) is 9.91. The summed E-state index contributed by atoms with van der Waals surface area (Å²) in [6.07, 6.45) is 0. The largest absolute Gasteiger partial charge is 0.395 e. The Morgan fingerprint density at radius 3 is 2.94 bits per heavy atom. The molecule has 0 fully saturated rings. The summed E-state index contributed by atoms with van der Waals surface area (Å²) in [6, 6.07) is 9.23. The van der Waals surface area contributed by atoms with E-state index >= 15 is 0 Å². The molecule has 0 bridgehead atoms. The normalized spacial score (nSPS) is 10.2. The van der Waals surface area contributed by atoms with Crippen molar-refractivity contribution in [3.05, 3.63) is 41.4 Å². The number of amides is 1. The van der Waals surface area contributed by atoms with Gasteiger partial charge in [-0.3, -0.25) is 4.79 Å². The lowest BCUT2D eigenvalue weighted by Crippen LogP contribution is -2.27. The molecule has 2 aromatic rings. The second-order valence-electron chi connectivity index (χ2n) is 3.36. The highest BCUT2D eigenvalue weighted by atomic mass is 32.1. The Labute approximate surface area is 103 Å². The van der Waals surface area contributed by atoms with Gasteiger partial charge in [0.25, 0.3) is 5.91 Å². The number of carbonyl (C=O) groups excluding carboxylic acids is 1. The van der Waals surface area contributed by atoms with Crippen molar-refractivity contribution >= 4 is 17.2 Å². The highest BCUT2D eigenvalue weighted by Gasteiger charge is 2.08. The number of aliphatic hydroxyl groups excluding tert-OH is 1. The number of thiophene rings is 1. The highest BCUT2D eigenvalue weighted by molar-refractivity contribution is 7.13. The smallest absolute Gasteiger partial charge is 0.269 e. The predicted octanol–water partition coefficient (Wildman–Crippen LogP) is 1.53. The van der Waals surface area contributed by atoms with Crippen molar-refractivity contribution in [3.63, 3.8) is 0 Å². The van der Waals surface area contributed by atoms with Crippen LogP contribution in [0.1, 0.15) is 10.5 Å². The number of aliphatic hydroxyl groups is 1. The van der Waals surface area contributed by atoms with Crippen LogP contribution in [0.5, 0.6) is 0 Å². The van der Waals surface area contributed by atoms with Gasteiger partial charge in [-0.1, -0.05) is 12.1 Å². The van der Waals surface area contributed by atoms with E-state index in [0.717, 1.165) is 10.6 Å². The first kappa shape index (κ1) is 11.8. The molecule has 5 heteroatoms. The third-order valence-corrected chi connectivity index (χ3v) is 3.05. The summed E-state index contributed by atoms with van der Waals surface area (Å²) in [4.78, 5) is 17.0. The first-order valence-electron chi connectivity index (χ1n) is 5.21. The van der Waals surface area contributed by atoms with Crippen molar-refractivity contribution in [3.8, 4) is 10.6 Å². The molecular formula is C12H12N2O2S. The molecule has 0 saturated heterocycles. The standard InChI is InChI=1S/C12H12N2O2S/c15-7-6-13-12(16)10-4-1-3-9(14-10)11-5-2-8-17-11/h1-5,8,15H,6-7H2,(H,13,16). The quantitative estimate of drug-likeness (QED) is 0.862. The van der Waals surface area contributed by atoms with Gasteiger partial charge in [-0.05, 0) is 23.6 Å². The summed E-state index contributed by atoms with van der Waals surface area (Å²) >= 11 is 1.58. The van der Waals surface area contributed by atoms with E-state index in [2.05, 4.69) is 10.3 Å². The van der Waals surface area contributed by atoms with E-state index < -0.39 is 0 Å². The maximum absolute atomic E-state index is 11.6. The summed E-state index contributed by atoms with van der Waals surface area (Å²) < 4.78 is 0. The Morgan fingerprint density at radius 2 is 2.24 bits per heavy atom. The molecule has 88 valence electrons. The minimum Gasteiger partial charge on any atom is -0.395 e. The number of pyridine rings is 1. The SMILES string of the molecule is O=C(NCCO)c1cccc(-c2cccs2)n1. The maximum Gasteiger partial charge on any atom is 0.269 e. The molecule has 2 rings (SSSR count). The van der Waals surface area contributed by atoms with Crippen molar-refractivity contribution in [2.75, 3.05) is 13.2 Å². The van der Waals surface area contributed by atoms with Crippen molar-refractivity contribution in [1.82, 2.24) is 10.3 Å². The van der Waals surface area contributed by atoms with Gasteiger partial charge in [0.2, 0.25) is 0 Å². The fourth-order valence-corrected chi connectivity index (χ4v) is 2.08. The van der Waals surface area contributed by atoms with E-state index in [0.29, 0.717) is 5.69 Å². The minimum absolute atomic E-state index is 0.0731. The fourth-order valence-electron chi connectivity index (χ4n) is 1.38. The molecule has 0 aromatic carbocycles. The average molecular weight is 248 g/mol. The van der Waals surface area contributed by atoms with Crippen molar-refractivity contribution in [2.24, 2.45) is 0 Å². The van der Waals surface area contributed by atoms with Crippen molar-refractivity contribution in [1.29, 1.82) is 0 Å². The Balaban J connectivity index is 2.20. The van der Waals surface area contributed by atoms with Crippen LogP contribution in [-0.2, 0) is 0 Å². The van der Waals surface area contributed by atoms with Crippen LogP contribution in [0.4, 0.5) is 0 Å². The zero-order valence-electron chi connectivity index (χ0n) is 9.09. The number of rotatable bonds is 4. The van der Waals surface area contributed by atoms with Crippen molar-refractivity contribution in [2.45, 2.75) is 0 Å². The van der Waals surface area contributed by atoms with Crippen LogP contribution in [0.3, 0.4) is 0 Å². The van der Waals surface area contributed by atoms with Gasteiger partial charge >= 0.3 is 0 Å². The number of aromatic nitrogens is 1. The maximum atomic E-state index is 11.6. The van der Waals surface area contributed by atoms with Gasteiger partial charge in [-0.2, -0.15) is 0 Å². The summed E-state index contributed by atoms with van der Waals surface area (Å²) in [6.45, 7) is 0.167. The van der Waals surface area contributed by atoms with Crippen molar-refractivity contribution < 1.29 is 9.90 Å². The van der Waals surface area contributed by atoms with E-state index in [1.54, 1.807) is 23.5 Å². The average Bonchev–Trinajstić information content (AvgIpc) is 2.90. The van der Waals surface area contributed by atoms with Crippen LogP contribution in [0, 0.1) is 0 Å². The number of nitrogens with zero attached hydrogens (tertiary/aromatic N) is 1. The van der Waals surface area contributed by atoms with Gasteiger partial charge in [0, 0.05) is 6.54 Å². The zero-order chi connectivity index (χ0) is 12.1. The Hall–Kier alpha value is -1.72. The van der Waals surface area contributed by atoms with E-state index in [4.69, 9.17) is 5.11 Å². The third-order valence-electron chi connectivity index (χ3n) is 2.15. The second kappa shape index (κ2) is 5.56. The van der Waals surface area contributed by atoms with Crippen LogP contribution < -0.4 is 5.32 Å². The lowest BCUT2D eigenvalue weighted by molar-refractivity contribution is 0.0940. The predicted molar refractivity (Wildman–Crippen MR) is 67.0 cm³/mol. The molecular weight excluding hydrogens is 236 g/mol. The molecule has 0 saturated carbocycles. The molecule has 0 aliphatic heterocycles. The van der Waals surface area contributed by atoms with Gasteiger partial charge in [0.05, 0.1) is 17.2 Å². The lowest BCUT2D eigenvalue weighted by Gasteiger charge is -2.03. The molecule has 4 nitrogen and oxygen atoms in total. The summed E-state index contributed by atoms with van der Waals surface area (Å²) in [5, 5.41) is 13.2. The number of carbonyl (C=O) groups is 1. The van der Waals surface area contributed by atoms with Crippen LogP contribution in [0.15, 0.2) is 35.7 Å². The molecule has 0 aliphatic carbocycles. The molecule has 2 N–H and O–H groups in total. The highest BCUT2D eigenvalue weighted by Crippen LogP contribution is 2.22. The van der Waals surface area contributed by atoms with Gasteiger partial charge in [-0.25, -0.2) is 4.98 Å². The summed E-state index contributed by atoms with van der Waals surface area (Å²) in [7, 11) is 0. The van der Waals surface area contributed by atoms with E-state index in [1.807, 2.05) is 23.6 Å². The summed E-state index contributed by atoms with van der Waals surface area (Å²) in [5.74, 6) is -0.266. The first-order valence-corrected chi connectivity index (χ1v) is 6.09. The van der Waals surface area contributed by atoms with Crippen LogP contribution in [0.2, 0.25) is 0 Å². The van der Waals surface area contributed by atoms with E-state index in [1.165, 1.54) is 0 Å². The lowest BCUT2D eigenvalue weighted by atomic mass is 10.2. The Morgan fingerprint density at radius 1 is 1.35 bits per heavy atom. The van der Waals surface area contributed by atoms with Gasteiger partial charge in [0.15, 0.2) is 0 Å². The molecule has 0 radical (unpaired) electrons.